The number of ether oxygens (including phenoxy) is 4. The summed E-state index contributed by atoms with van der Waals surface area (Å²) in [5.41, 5.74) is 5.99. The van der Waals surface area contributed by atoms with Crippen LogP contribution in [-0.4, -0.2) is 63.8 Å². The van der Waals surface area contributed by atoms with E-state index in [-0.39, 0.29) is 12.4 Å². The first kappa shape index (κ1) is 18.7. The number of rotatable bonds is 6. The van der Waals surface area contributed by atoms with Crippen molar-refractivity contribution in [2.75, 3.05) is 48.3 Å². The molecule has 1 rings (SSSR count). The summed E-state index contributed by atoms with van der Waals surface area (Å²) in [6.07, 6.45) is 0.869. The Hall–Kier alpha value is -1.32. The second kappa shape index (κ2) is 10.5. The molecule has 20 heavy (non-hydrogen) atoms. The van der Waals surface area contributed by atoms with Crippen LogP contribution in [0.1, 0.15) is 12.0 Å². The van der Waals surface area contributed by atoms with Crippen molar-refractivity contribution in [1.29, 1.82) is 0 Å². The molecule has 1 aromatic heterocycles. The molecule has 0 aliphatic rings. The van der Waals surface area contributed by atoms with Crippen LogP contribution in [0.25, 0.3) is 0 Å². The number of nitrogen functional groups attached to an aromatic ring is 1. The predicted octanol–water partition coefficient (Wildman–Crippen LogP) is 0.475. The molecule has 0 amide bonds. The first-order valence-electron chi connectivity index (χ1n) is 5.86. The van der Waals surface area contributed by atoms with Gasteiger partial charge in [0.05, 0.1) is 0 Å². The highest BCUT2D eigenvalue weighted by molar-refractivity contribution is 5.17. The van der Waals surface area contributed by atoms with Crippen molar-refractivity contribution in [1.82, 2.24) is 14.9 Å². The Morgan fingerprint density at radius 3 is 1.90 bits per heavy atom. The highest BCUT2D eigenvalue weighted by atomic mass is 16.7. The molecule has 0 aromatic carbocycles. The fourth-order valence-corrected chi connectivity index (χ4v) is 1.38. The van der Waals surface area contributed by atoms with Gasteiger partial charge in [-0.05, 0) is 20.2 Å². The monoisotopic (exact) mass is 288 g/mol. The van der Waals surface area contributed by atoms with E-state index in [9.17, 15) is 0 Å². The SMILES string of the molecule is COC(OC)N(C)C.COC(OC)c1ccnc(N)n1. The smallest absolute Gasteiger partial charge is 0.220 e. The van der Waals surface area contributed by atoms with Crippen LogP contribution in [-0.2, 0) is 18.9 Å². The Morgan fingerprint density at radius 2 is 1.60 bits per heavy atom. The van der Waals surface area contributed by atoms with Gasteiger partial charge in [-0.25, -0.2) is 9.97 Å². The second-order valence-electron chi connectivity index (χ2n) is 3.89. The van der Waals surface area contributed by atoms with Crippen molar-refractivity contribution in [3.63, 3.8) is 0 Å². The van der Waals surface area contributed by atoms with Crippen molar-refractivity contribution in [2.24, 2.45) is 0 Å². The number of hydrogen-bond acceptors (Lipinski definition) is 8. The minimum Gasteiger partial charge on any atom is -0.368 e. The van der Waals surface area contributed by atoms with E-state index >= 15 is 0 Å². The molecule has 0 aliphatic heterocycles. The number of aromatic nitrogens is 2. The summed E-state index contributed by atoms with van der Waals surface area (Å²) in [6.45, 7) is 0. The van der Waals surface area contributed by atoms with Crippen LogP contribution in [0.2, 0.25) is 0 Å². The molecular formula is C12H24N4O4. The summed E-state index contributed by atoms with van der Waals surface area (Å²) in [5, 5.41) is 0. The van der Waals surface area contributed by atoms with E-state index in [4.69, 9.17) is 24.7 Å². The van der Waals surface area contributed by atoms with E-state index in [0.717, 1.165) is 0 Å². The summed E-state index contributed by atoms with van der Waals surface area (Å²) in [5.74, 6) is 0.214. The Balaban J connectivity index is 0.000000396. The quantitative estimate of drug-likeness (QED) is 0.755. The Morgan fingerprint density at radius 1 is 1.05 bits per heavy atom. The van der Waals surface area contributed by atoms with E-state index < -0.39 is 6.29 Å². The first-order chi connectivity index (χ1) is 9.49. The average Bonchev–Trinajstić information content (AvgIpc) is 2.42. The van der Waals surface area contributed by atoms with Gasteiger partial charge < -0.3 is 24.7 Å². The lowest BCUT2D eigenvalue weighted by atomic mass is 10.4. The first-order valence-corrected chi connectivity index (χ1v) is 5.86. The normalized spacial score (nSPS) is 10.8. The van der Waals surface area contributed by atoms with Gasteiger partial charge >= 0.3 is 0 Å². The van der Waals surface area contributed by atoms with E-state index in [1.165, 1.54) is 14.2 Å². The standard InChI is InChI=1S/C7H11N3O2.C5H13NO2/c1-11-6(12-2)5-3-4-9-7(8)10-5;1-6(2)5(7-3)8-4/h3-4,6H,1-2H3,(H2,8,9,10);5H,1-4H3. The molecule has 0 fully saturated rings. The van der Waals surface area contributed by atoms with Gasteiger partial charge in [-0.3, -0.25) is 4.90 Å². The van der Waals surface area contributed by atoms with Crippen LogP contribution in [0, 0.1) is 0 Å². The average molecular weight is 288 g/mol. The Bertz CT molecular complexity index is 357. The zero-order valence-electron chi connectivity index (χ0n) is 12.9. The van der Waals surface area contributed by atoms with Crippen molar-refractivity contribution in [2.45, 2.75) is 12.7 Å². The number of methoxy groups -OCH3 is 4. The van der Waals surface area contributed by atoms with Gasteiger partial charge in [0.25, 0.3) is 0 Å². The summed E-state index contributed by atoms with van der Waals surface area (Å²) >= 11 is 0. The third kappa shape index (κ3) is 6.73. The van der Waals surface area contributed by atoms with Crippen molar-refractivity contribution >= 4 is 5.95 Å². The fraction of sp³-hybridized carbons (Fsp3) is 0.667. The van der Waals surface area contributed by atoms with E-state index in [1.807, 2.05) is 19.0 Å². The van der Waals surface area contributed by atoms with Crippen molar-refractivity contribution in [3.05, 3.63) is 18.0 Å². The highest BCUT2D eigenvalue weighted by Crippen LogP contribution is 2.13. The number of hydrogen-bond donors (Lipinski definition) is 1. The zero-order valence-corrected chi connectivity index (χ0v) is 12.9. The molecule has 0 radical (unpaired) electrons. The molecule has 116 valence electrons. The predicted molar refractivity (Wildman–Crippen MR) is 74.7 cm³/mol. The van der Waals surface area contributed by atoms with Crippen LogP contribution in [0.4, 0.5) is 5.95 Å². The van der Waals surface area contributed by atoms with Crippen LogP contribution in [0.5, 0.6) is 0 Å². The minimum absolute atomic E-state index is 0.213. The lowest BCUT2D eigenvalue weighted by molar-refractivity contribution is -0.179. The highest BCUT2D eigenvalue weighted by Gasteiger charge is 2.10. The van der Waals surface area contributed by atoms with E-state index in [0.29, 0.717) is 5.69 Å². The van der Waals surface area contributed by atoms with Gasteiger partial charge in [0.2, 0.25) is 18.7 Å². The molecule has 0 bridgehead atoms. The van der Waals surface area contributed by atoms with Gasteiger partial charge in [0, 0.05) is 34.6 Å². The number of nitrogens with two attached hydrogens (primary N) is 1. The van der Waals surface area contributed by atoms with Gasteiger partial charge in [0.1, 0.15) is 5.69 Å². The van der Waals surface area contributed by atoms with Crippen molar-refractivity contribution < 1.29 is 18.9 Å². The topological polar surface area (TPSA) is 92.0 Å². The summed E-state index contributed by atoms with van der Waals surface area (Å²) in [7, 11) is 10.1. The maximum Gasteiger partial charge on any atom is 0.220 e. The lowest BCUT2D eigenvalue weighted by Gasteiger charge is -2.19. The molecule has 1 heterocycles. The molecule has 0 aliphatic carbocycles. The molecule has 0 saturated carbocycles. The zero-order chi connectivity index (χ0) is 15.5. The number of anilines is 1. The van der Waals surface area contributed by atoms with Gasteiger partial charge in [0.15, 0.2) is 0 Å². The van der Waals surface area contributed by atoms with Gasteiger partial charge in [-0.2, -0.15) is 0 Å². The van der Waals surface area contributed by atoms with Crippen molar-refractivity contribution in [3.8, 4) is 0 Å². The fourth-order valence-electron chi connectivity index (χ4n) is 1.38. The maximum absolute atomic E-state index is 5.37. The number of nitrogens with zero attached hydrogens (tertiary/aromatic N) is 3. The molecule has 1 aromatic rings. The van der Waals surface area contributed by atoms with Crippen LogP contribution in [0.3, 0.4) is 0 Å². The molecular weight excluding hydrogens is 264 g/mol. The third-order valence-electron chi connectivity index (χ3n) is 2.19. The minimum atomic E-state index is -0.477. The summed E-state index contributed by atoms with van der Waals surface area (Å²) in [6, 6.07) is 1.69. The van der Waals surface area contributed by atoms with Gasteiger partial charge in [-0.1, -0.05) is 0 Å². The Labute approximate surface area is 119 Å². The molecule has 0 saturated heterocycles. The Kier molecular flexibility index (Phi) is 9.77. The third-order valence-corrected chi connectivity index (χ3v) is 2.19. The molecule has 0 unspecified atom stereocenters. The maximum atomic E-state index is 5.37. The van der Waals surface area contributed by atoms with E-state index in [1.54, 1.807) is 26.5 Å². The molecule has 0 spiro atoms. The second-order valence-corrected chi connectivity index (χ2v) is 3.89. The molecule has 2 N–H and O–H groups in total. The molecule has 8 heteroatoms. The summed E-state index contributed by atoms with van der Waals surface area (Å²) in [4.78, 5) is 9.51. The molecule has 0 atom stereocenters. The van der Waals surface area contributed by atoms with Crippen LogP contribution >= 0.6 is 0 Å². The summed E-state index contributed by atoms with van der Waals surface area (Å²) < 4.78 is 19.7. The van der Waals surface area contributed by atoms with Crippen LogP contribution < -0.4 is 5.73 Å². The lowest BCUT2D eigenvalue weighted by Crippen LogP contribution is -2.30. The van der Waals surface area contributed by atoms with Crippen LogP contribution in [0.15, 0.2) is 12.3 Å². The van der Waals surface area contributed by atoms with E-state index in [2.05, 4.69) is 9.97 Å². The van der Waals surface area contributed by atoms with Gasteiger partial charge in [-0.15, -0.1) is 0 Å². The molecule has 8 nitrogen and oxygen atoms in total. The largest absolute Gasteiger partial charge is 0.368 e.